The lowest BCUT2D eigenvalue weighted by molar-refractivity contribution is 0.242. The van der Waals surface area contributed by atoms with E-state index in [1.165, 1.54) is 0 Å². The van der Waals surface area contributed by atoms with Gasteiger partial charge in [-0.1, -0.05) is 12.1 Å². The van der Waals surface area contributed by atoms with Crippen LogP contribution in [0.4, 0.5) is 0 Å². The molecule has 0 amide bonds. The van der Waals surface area contributed by atoms with E-state index in [-0.39, 0.29) is 11.2 Å². The number of hydrogen-bond donors (Lipinski definition) is 2. The second-order valence-electron chi connectivity index (χ2n) is 3.47. The van der Waals surface area contributed by atoms with Crippen LogP contribution in [0.1, 0.15) is 19.4 Å². The highest BCUT2D eigenvalue weighted by Gasteiger charge is 1.97. The van der Waals surface area contributed by atoms with Crippen molar-refractivity contribution in [3.05, 3.63) is 29.8 Å². The van der Waals surface area contributed by atoms with Gasteiger partial charge in [0.1, 0.15) is 5.75 Å². The van der Waals surface area contributed by atoms with Gasteiger partial charge in [-0.15, -0.1) is 0 Å². The zero-order valence-corrected chi connectivity index (χ0v) is 10.1. The van der Waals surface area contributed by atoms with Gasteiger partial charge in [0.05, 0.1) is 12.3 Å². The van der Waals surface area contributed by atoms with Gasteiger partial charge in [-0.2, -0.15) is 5.10 Å². The van der Waals surface area contributed by atoms with Crippen molar-refractivity contribution < 1.29 is 4.74 Å². The number of hydrazone groups is 1. The third-order valence-electron chi connectivity index (χ3n) is 1.62. The predicted octanol–water partition coefficient (Wildman–Crippen LogP) is 1.64. The lowest BCUT2D eigenvalue weighted by Crippen LogP contribution is -2.23. The van der Waals surface area contributed by atoms with Crippen LogP contribution in [-0.2, 0) is 0 Å². The van der Waals surface area contributed by atoms with Crippen molar-refractivity contribution in [3.8, 4) is 5.75 Å². The molecule has 1 rings (SSSR count). The van der Waals surface area contributed by atoms with Crippen LogP contribution in [-0.4, -0.2) is 17.4 Å². The summed E-state index contributed by atoms with van der Waals surface area (Å²) in [6, 6.07) is 7.61. The predicted molar refractivity (Wildman–Crippen MR) is 69.7 cm³/mol. The molecule has 0 aliphatic heterocycles. The number of nitrogens with zero attached hydrogens (tertiary/aromatic N) is 1. The van der Waals surface area contributed by atoms with Crippen LogP contribution in [0, 0.1) is 0 Å². The van der Waals surface area contributed by atoms with E-state index in [2.05, 4.69) is 22.7 Å². The molecule has 16 heavy (non-hydrogen) atoms. The smallest absolute Gasteiger partial charge is 0.184 e. The van der Waals surface area contributed by atoms with Crippen molar-refractivity contribution in [1.82, 2.24) is 5.43 Å². The average molecular weight is 237 g/mol. The van der Waals surface area contributed by atoms with E-state index >= 15 is 0 Å². The first kappa shape index (κ1) is 12.4. The number of ether oxygens (including phenoxy) is 1. The molecule has 0 aliphatic carbocycles. The van der Waals surface area contributed by atoms with Gasteiger partial charge in [-0.05, 0) is 43.8 Å². The fourth-order valence-corrected chi connectivity index (χ4v) is 1.16. The molecule has 0 bridgehead atoms. The first-order valence-electron chi connectivity index (χ1n) is 4.93. The Labute approximate surface area is 100 Å². The lowest BCUT2D eigenvalue weighted by Gasteiger charge is -2.09. The number of hydrogen-bond acceptors (Lipinski definition) is 3. The summed E-state index contributed by atoms with van der Waals surface area (Å²) < 4.78 is 5.55. The SMILES string of the molecule is CC(C)Oc1cccc(/C=N/NC(N)=S)c1. The number of benzene rings is 1. The van der Waals surface area contributed by atoms with Gasteiger partial charge in [0.15, 0.2) is 5.11 Å². The van der Waals surface area contributed by atoms with E-state index in [0.29, 0.717) is 0 Å². The average Bonchev–Trinajstić information content (AvgIpc) is 2.16. The van der Waals surface area contributed by atoms with Gasteiger partial charge in [0.25, 0.3) is 0 Å². The minimum atomic E-state index is 0.144. The summed E-state index contributed by atoms with van der Waals surface area (Å²) in [5.41, 5.74) is 8.64. The fourth-order valence-electron chi connectivity index (χ4n) is 1.11. The summed E-state index contributed by atoms with van der Waals surface area (Å²) in [7, 11) is 0. The molecule has 5 heteroatoms. The van der Waals surface area contributed by atoms with Gasteiger partial charge >= 0.3 is 0 Å². The topological polar surface area (TPSA) is 59.6 Å². The molecule has 0 aliphatic rings. The van der Waals surface area contributed by atoms with E-state index in [4.69, 9.17) is 10.5 Å². The number of nitrogens with one attached hydrogen (secondary N) is 1. The van der Waals surface area contributed by atoms with Crippen LogP contribution >= 0.6 is 12.2 Å². The molecule has 1 aromatic carbocycles. The molecule has 0 aromatic heterocycles. The Hall–Kier alpha value is -1.62. The zero-order chi connectivity index (χ0) is 12.0. The number of rotatable bonds is 4. The first-order chi connectivity index (χ1) is 7.58. The molecular formula is C11H15N3OS. The quantitative estimate of drug-likeness (QED) is 0.475. The molecule has 0 spiro atoms. The van der Waals surface area contributed by atoms with Crippen molar-refractivity contribution in [3.63, 3.8) is 0 Å². The lowest BCUT2D eigenvalue weighted by atomic mass is 10.2. The maximum absolute atomic E-state index is 5.55. The number of thiocarbonyl (C=S) groups is 1. The van der Waals surface area contributed by atoms with Crippen LogP contribution in [0.3, 0.4) is 0 Å². The van der Waals surface area contributed by atoms with Crippen molar-refractivity contribution in [1.29, 1.82) is 0 Å². The molecule has 1 aromatic rings. The molecule has 0 saturated heterocycles. The Balaban J connectivity index is 2.67. The van der Waals surface area contributed by atoms with Crippen LogP contribution < -0.4 is 15.9 Å². The summed E-state index contributed by atoms with van der Waals surface area (Å²) in [6.45, 7) is 3.96. The summed E-state index contributed by atoms with van der Waals surface area (Å²) in [4.78, 5) is 0. The van der Waals surface area contributed by atoms with E-state index in [9.17, 15) is 0 Å². The van der Waals surface area contributed by atoms with Gasteiger partial charge < -0.3 is 10.5 Å². The molecule has 3 N–H and O–H groups in total. The first-order valence-corrected chi connectivity index (χ1v) is 5.34. The van der Waals surface area contributed by atoms with E-state index < -0.39 is 0 Å². The van der Waals surface area contributed by atoms with Gasteiger partial charge in [-0.3, -0.25) is 5.43 Å². The summed E-state index contributed by atoms with van der Waals surface area (Å²) in [6.07, 6.45) is 1.79. The Bertz CT molecular complexity index is 391. The number of nitrogens with two attached hydrogens (primary N) is 1. The molecule has 86 valence electrons. The Morgan fingerprint density at radius 3 is 2.94 bits per heavy atom. The fraction of sp³-hybridized carbons (Fsp3) is 0.273. The highest BCUT2D eigenvalue weighted by Crippen LogP contribution is 2.13. The van der Waals surface area contributed by atoms with Crippen LogP contribution in [0.5, 0.6) is 5.75 Å². The van der Waals surface area contributed by atoms with Gasteiger partial charge in [0, 0.05) is 0 Å². The van der Waals surface area contributed by atoms with Crippen molar-refractivity contribution >= 4 is 23.5 Å². The molecule has 4 nitrogen and oxygen atoms in total. The van der Waals surface area contributed by atoms with Crippen LogP contribution in [0.15, 0.2) is 29.4 Å². The summed E-state index contributed by atoms with van der Waals surface area (Å²) >= 11 is 4.62. The molecule has 0 atom stereocenters. The molecule has 0 radical (unpaired) electrons. The minimum absolute atomic E-state index is 0.144. The summed E-state index contributed by atoms with van der Waals surface area (Å²) in [5.74, 6) is 0.814. The minimum Gasteiger partial charge on any atom is -0.491 e. The molecule has 0 heterocycles. The molecular weight excluding hydrogens is 222 g/mol. The van der Waals surface area contributed by atoms with E-state index in [1.54, 1.807) is 6.21 Å². The van der Waals surface area contributed by atoms with Crippen molar-refractivity contribution in [2.45, 2.75) is 20.0 Å². The molecule has 0 saturated carbocycles. The third-order valence-corrected chi connectivity index (χ3v) is 1.71. The van der Waals surface area contributed by atoms with Crippen LogP contribution in [0.2, 0.25) is 0 Å². The second-order valence-corrected chi connectivity index (χ2v) is 3.91. The second kappa shape index (κ2) is 6.07. The maximum atomic E-state index is 5.55. The third kappa shape index (κ3) is 4.75. The van der Waals surface area contributed by atoms with Crippen LogP contribution in [0.25, 0.3) is 0 Å². The standard InChI is InChI=1S/C11H15N3OS/c1-8(2)15-10-5-3-4-9(6-10)7-13-14-11(12)16/h3-8H,1-2H3,(H3,12,14,16)/b13-7+. The van der Waals surface area contributed by atoms with E-state index in [0.717, 1.165) is 11.3 Å². The zero-order valence-electron chi connectivity index (χ0n) is 9.31. The van der Waals surface area contributed by atoms with Gasteiger partial charge in [0.2, 0.25) is 0 Å². The Morgan fingerprint density at radius 1 is 1.56 bits per heavy atom. The monoisotopic (exact) mass is 237 g/mol. The van der Waals surface area contributed by atoms with Crippen molar-refractivity contribution in [2.24, 2.45) is 10.8 Å². The highest BCUT2D eigenvalue weighted by molar-refractivity contribution is 7.80. The normalized spacial score (nSPS) is 10.7. The Morgan fingerprint density at radius 2 is 2.31 bits per heavy atom. The molecule has 0 unspecified atom stereocenters. The molecule has 0 fully saturated rings. The summed E-state index contributed by atoms with van der Waals surface area (Å²) in [5, 5.41) is 4.01. The highest BCUT2D eigenvalue weighted by atomic mass is 32.1. The maximum Gasteiger partial charge on any atom is 0.184 e. The van der Waals surface area contributed by atoms with E-state index in [1.807, 2.05) is 38.1 Å². The van der Waals surface area contributed by atoms with Crippen molar-refractivity contribution in [2.75, 3.05) is 0 Å². The van der Waals surface area contributed by atoms with Gasteiger partial charge in [-0.25, -0.2) is 0 Å². The Kier molecular flexibility index (Phi) is 4.72. The largest absolute Gasteiger partial charge is 0.491 e.